The van der Waals surface area contributed by atoms with E-state index in [9.17, 15) is 26.4 Å². The molecule has 2 N–H and O–H groups in total. The third kappa shape index (κ3) is 6.29. The molecule has 0 aliphatic carbocycles. The maximum Gasteiger partial charge on any atom is 0.402 e. The predicted octanol–water partition coefficient (Wildman–Crippen LogP) is 1.83. The molecule has 1 heterocycles. The van der Waals surface area contributed by atoms with Gasteiger partial charge in [0.05, 0.1) is 11.0 Å². The van der Waals surface area contributed by atoms with E-state index in [0.29, 0.717) is 13.2 Å². The monoisotopic (exact) mass is 380 g/mol. The first-order valence-electron chi connectivity index (χ1n) is 7.74. The van der Waals surface area contributed by atoms with Gasteiger partial charge in [0, 0.05) is 18.7 Å². The molecule has 0 saturated carbocycles. The Bertz CT molecular complexity index is 701. The highest BCUT2D eigenvalue weighted by molar-refractivity contribution is 7.89. The van der Waals surface area contributed by atoms with E-state index in [0.717, 1.165) is 31.4 Å². The Morgan fingerprint density at radius 3 is 2.68 bits per heavy atom. The van der Waals surface area contributed by atoms with Crippen LogP contribution in [0.15, 0.2) is 29.2 Å². The van der Waals surface area contributed by atoms with E-state index in [4.69, 9.17) is 4.74 Å². The maximum atomic E-state index is 12.2. The van der Waals surface area contributed by atoms with Crippen LogP contribution in [-0.2, 0) is 14.8 Å². The van der Waals surface area contributed by atoms with Crippen molar-refractivity contribution in [1.29, 1.82) is 0 Å². The number of rotatable bonds is 6. The number of ether oxygens (including phenoxy) is 1. The molecule has 0 bridgehead atoms. The van der Waals surface area contributed by atoms with Crippen molar-refractivity contribution in [2.75, 3.05) is 19.7 Å². The molecule has 1 aliphatic rings. The molecular formula is C15H19F3N2O4S. The molecule has 0 spiro atoms. The summed E-state index contributed by atoms with van der Waals surface area (Å²) in [7, 11) is -4.36. The van der Waals surface area contributed by atoms with Gasteiger partial charge in [0.2, 0.25) is 10.0 Å². The van der Waals surface area contributed by atoms with Gasteiger partial charge in [-0.25, -0.2) is 13.1 Å². The van der Waals surface area contributed by atoms with Crippen LogP contribution in [0.5, 0.6) is 0 Å². The predicted molar refractivity (Wildman–Crippen MR) is 83.6 cm³/mol. The van der Waals surface area contributed by atoms with Crippen LogP contribution in [-0.4, -0.2) is 46.3 Å². The highest BCUT2D eigenvalue weighted by atomic mass is 32.2. The molecule has 1 amide bonds. The molecule has 2 rings (SSSR count). The Morgan fingerprint density at radius 2 is 2.04 bits per heavy atom. The largest absolute Gasteiger partial charge is 0.402 e. The van der Waals surface area contributed by atoms with Crippen LogP contribution >= 0.6 is 0 Å². The number of amides is 1. The third-order valence-electron chi connectivity index (χ3n) is 3.63. The Labute approximate surface area is 143 Å². The normalized spacial score (nSPS) is 18.8. The van der Waals surface area contributed by atoms with Gasteiger partial charge in [0.1, 0.15) is 6.54 Å². The first kappa shape index (κ1) is 19.7. The van der Waals surface area contributed by atoms with Crippen molar-refractivity contribution in [3.05, 3.63) is 29.8 Å². The number of halogens is 3. The van der Waals surface area contributed by atoms with Gasteiger partial charge in [-0.3, -0.25) is 4.79 Å². The number of carbonyl (C=O) groups excluding carboxylic acids is 1. The summed E-state index contributed by atoms with van der Waals surface area (Å²) in [5, 5.41) is 2.64. The Morgan fingerprint density at radius 1 is 1.28 bits per heavy atom. The molecular weight excluding hydrogens is 361 g/mol. The van der Waals surface area contributed by atoms with E-state index < -0.39 is 33.5 Å². The molecule has 0 unspecified atom stereocenters. The van der Waals surface area contributed by atoms with E-state index in [1.54, 1.807) is 0 Å². The second kappa shape index (κ2) is 8.15. The van der Waals surface area contributed by atoms with E-state index in [1.807, 2.05) is 0 Å². The van der Waals surface area contributed by atoms with Crippen molar-refractivity contribution < 1.29 is 31.1 Å². The summed E-state index contributed by atoms with van der Waals surface area (Å²) in [4.78, 5) is 11.7. The number of alkyl halides is 3. The van der Waals surface area contributed by atoms with Crippen LogP contribution in [0, 0.1) is 0 Å². The summed E-state index contributed by atoms with van der Waals surface area (Å²) in [5.41, 5.74) is 0.0469. The van der Waals surface area contributed by atoms with Gasteiger partial charge in [-0.05, 0) is 37.5 Å². The Balaban J connectivity index is 2.00. The second-order valence-electron chi connectivity index (χ2n) is 5.67. The Kier molecular flexibility index (Phi) is 6.42. The molecule has 6 nitrogen and oxygen atoms in total. The SMILES string of the molecule is O=C(NC[C@H]1CCCCO1)c1cccc(S(=O)(=O)NCC(F)(F)F)c1. The standard InChI is InChI=1S/C15H19F3N2O4S/c16-15(17,18)10-20-25(22,23)13-6-3-4-11(8-13)14(21)19-9-12-5-1-2-7-24-12/h3-4,6,8,12,20H,1-2,5,7,9-10H2,(H,19,21)/t12-/m1/s1. The van der Waals surface area contributed by atoms with Gasteiger partial charge in [-0.1, -0.05) is 6.07 Å². The molecule has 10 heteroatoms. The number of sulfonamides is 1. The zero-order chi connectivity index (χ0) is 18.5. The molecule has 0 aromatic heterocycles. The van der Waals surface area contributed by atoms with Crippen molar-refractivity contribution >= 4 is 15.9 Å². The first-order chi connectivity index (χ1) is 11.7. The molecule has 1 atom stereocenters. The van der Waals surface area contributed by atoms with E-state index in [2.05, 4.69) is 5.32 Å². The van der Waals surface area contributed by atoms with Crippen LogP contribution in [0.2, 0.25) is 0 Å². The summed E-state index contributed by atoms with van der Waals surface area (Å²) in [6, 6.07) is 4.85. The van der Waals surface area contributed by atoms with Crippen LogP contribution in [0.4, 0.5) is 13.2 Å². The quantitative estimate of drug-likeness (QED) is 0.789. The van der Waals surface area contributed by atoms with Gasteiger partial charge in [-0.2, -0.15) is 13.2 Å². The van der Waals surface area contributed by atoms with Gasteiger partial charge >= 0.3 is 6.18 Å². The summed E-state index contributed by atoms with van der Waals surface area (Å²) < 4.78 is 67.3. The van der Waals surface area contributed by atoms with Gasteiger partial charge < -0.3 is 10.1 Å². The summed E-state index contributed by atoms with van der Waals surface area (Å²) >= 11 is 0. The minimum atomic E-state index is -4.66. The van der Waals surface area contributed by atoms with Crippen LogP contribution in [0.25, 0.3) is 0 Å². The van der Waals surface area contributed by atoms with Crippen molar-refractivity contribution in [3.8, 4) is 0 Å². The maximum absolute atomic E-state index is 12.2. The second-order valence-corrected chi connectivity index (χ2v) is 7.43. The van der Waals surface area contributed by atoms with Gasteiger partial charge in [0.25, 0.3) is 5.91 Å². The molecule has 1 aromatic rings. The first-order valence-corrected chi connectivity index (χ1v) is 9.22. The number of hydrogen-bond donors (Lipinski definition) is 2. The molecule has 0 radical (unpaired) electrons. The third-order valence-corrected chi connectivity index (χ3v) is 5.03. The fourth-order valence-corrected chi connectivity index (χ4v) is 3.40. The van der Waals surface area contributed by atoms with E-state index in [1.165, 1.54) is 16.9 Å². The highest BCUT2D eigenvalue weighted by Gasteiger charge is 2.30. The number of benzene rings is 1. The fraction of sp³-hybridized carbons (Fsp3) is 0.533. The summed E-state index contributed by atoms with van der Waals surface area (Å²) in [6.07, 6.45) is -1.93. The molecule has 25 heavy (non-hydrogen) atoms. The minimum Gasteiger partial charge on any atom is -0.376 e. The minimum absolute atomic E-state index is 0.0469. The zero-order valence-electron chi connectivity index (χ0n) is 13.3. The van der Waals surface area contributed by atoms with Crippen molar-refractivity contribution in [3.63, 3.8) is 0 Å². The van der Waals surface area contributed by atoms with Crippen LogP contribution < -0.4 is 10.0 Å². The lowest BCUT2D eigenvalue weighted by Crippen LogP contribution is -2.36. The zero-order valence-corrected chi connectivity index (χ0v) is 14.1. The lowest BCUT2D eigenvalue weighted by molar-refractivity contribution is -0.121. The van der Waals surface area contributed by atoms with E-state index in [-0.39, 0.29) is 11.7 Å². The summed E-state index contributed by atoms with van der Waals surface area (Å²) in [5.74, 6) is -0.512. The molecule has 1 saturated heterocycles. The molecule has 1 fully saturated rings. The number of nitrogens with one attached hydrogen (secondary N) is 2. The lowest BCUT2D eigenvalue weighted by atomic mass is 10.1. The highest BCUT2D eigenvalue weighted by Crippen LogP contribution is 2.16. The number of carbonyl (C=O) groups is 1. The van der Waals surface area contributed by atoms with Crippen LogP contribution in [0.1, 0.15) is 29.6 Å². The average Bonchev–Trinajstić information content (AvgIpc) is 2.58. The number of hydrogen-bond acceptors (Lipinski definition) is 4. The molecule has 140 valence electrons. The molecule has 1 aliphatic heterocycles. The summed E-state index contributed by atoms with van der Waals surface area (Å²) in [6.45, 7) is -0.744. The van der Waals surface area contributed by atoms with Crippen molar-refractivity contribution in [2.45, 2.75) is 36.4 Å². The molecule has 1 aromatic carbocycles. The smallest absolute Gasteiger partial charge is 0.376 e. The average molecular weight is 380 g/mol. The van der Waals surface area contributed by atoms with E-state index >= 15 is 0 Å². The van der Waals surface area contributed by atoms with Gasteiger partial charge in [0.15, 0.2) is 0 Å². The van der Waals surface area contributed by atoms with Crippen LogP contribution in [0.3, 0.4) is 0 Å². The lowest BCUT2D eigenvalue weighted by Gasteiger charge is -2.22. The topological polar surface area (TPSA) is 84.5 Å². The fourth-order valence-electron chi connectivity index (χ4n) is 2.34. The van der Waals surface area contributed by atoms with Crippen molar-refractivity contribution in [1.82, 2.24) is 10.0 Å². The Hall–Kier alpha value is -1.65. The van der Waals surface area contributed by atoms with Crippen molar-refractivity contribution in [2.24, 2.45) is 0 Å². The van der Waals surface area contributed by atoms with Gasteiger partial charge in [-0.15, -0.1) is 0 Å².